The van der Waals surface area contributed by atoms with Gasteiger partial charge in [0.1, 0.15) is 11.5 Å². The van der Waals surface area contributed by atoms with Crippen molar-refractivity contribution < 1.29 is 9.15 Å². The van der Waals surface area contributed by atoms with E-state index in [4.69, 9.17) is 14.9 Å². The lowest BCUT2D eigenvalue weighted by atomic mass is 10.3. The fourth-order valence-corrected chi connectivity index (χ4v) is 2.53. The summed E-state index contributed by atoms with van der Waals surface area (Å²) in [4.78, 5) is 12.9. The number of fused-ring (bicyclic) bond motifs is 1. The first-order chi connectivity index (χ1) is 12.1. The summed E-state index contributed by atoms with van der Waals surface area (Å²) >= 11 is 0. The summed E-state index contributed by atoms with van der Waals surface area (Å²) < 4.78 is 12.4. The van der Waals surface area contributed by atoms with E-state index in [2.05, 4.69) is 25.3 Å². The van der Waals surface area contributed by atoms with Crippen LogP contribution in [0.1, 0.15) is 11.5 Å². The Morgan fingerprint density at radius 2 is 2.04 bits per heavy atom. The third-order valence-corrected chi connectivity index (χ3v) is 3.66. The second-order valence-corrected chi connectivity index (χ2v) is 5.43. The number of nitrogen functional groups attached to an aromatic ring is 1. The fourth-order valence-electron chi connectivity index (χ4n) is 2.53. The van der Waals surface area contributed by atoms with E-state index in [-0.39, 0.29) is 5.95 Å². The Balaban J connectivity index is 1.80. The molecule has 4 rings (SSSR count). The average molecular weight is 337 g/mol. The van der Waals surface area contributed by atoms with Gasteiger partial charge in [0.25, 0.3) is 0 Å². The lowest BCUT2D eigenvalue weighted by Gasteiger charge is -2.04. The molecule has 0 fully saturated rings. The number of hydrogen-bond donors (Lipinski definition) is 1. The number of ether oxygens (including phenoxy) is 1. The molecule has 2 N–H and O–H groups in total. The number of anilines is 1. The van der Waals surface area contributed by atoms with E-state index in [1.165, 1.54) is 0 Å². The molecule has 4 heterocycles. The average Bonchev–Trinajstić information content (AvgIpc) is 3.21. The lowest BCUT2D eigenvalue weighted by Crippen LogP contribution is -2.06. The van der Waals surface area contributed by atoms with Crippen LogP contribution < -0.4 is 10.5 Å². The molecule has 0 bridgehead atoms. The van der Waals surface area contributed by atoms with Crippen molar-refractivity contribution in [1.82, 2.24) is 29.9 Å². The van der Waals surface area contributed by atoms with Crippen molar-refractivity contribution in [2.75, 3.05) is 12.8 Å². The van der Waals surface area contributed by atoms with Crippen LogP contribution in [0.25, 0.3) is 22.6 Å². The third kappa shape index (κ3) is 2.75. The van der Waals surface area contributed by atoms with Crippen LogP contribution in [0.4, 0.5) is 5.95 Å². The zero-order valence-corrected chi connectivity index (χ0v) is 13.7. The maximum absolute atomic E-state index is 5.87. The highest BCUT2D eigenvalue weighted by Crippen LogP contribution is 2.26. The molecule has 126 valence electrons. The monoisotopic (exact) mass is 337 g/mol. The summed E-state index contributed by atoms with van der Waals surface area (Å²) in [5.41, 5.74) is 8.18. The fraction of sp³-hybridized carbons (Fsp3) is 0.188. The van der Waals surface area contributed by atoms with Gasteiger partial charge in [-0.15, -0.1) is 5.10 Å². The van der Waals surface area contributed by atoms with E-state index in [0.29, 0.717) is 35.0 Å². The molecule has 0 aromatic carbocycles. The number of aromatic nitrogens is 6. The van der Waals surface area contributed by atoms with Gasteiger partial charge in [-0.25, -0.2) is 14.6 Å². The van der Waals surface area contributed by atoms with Crippen molar-refractivity contribution in [2.24, 2.45) is 0 Å². The first-order valence-corrected chi connectivity index (χ1v) is 7.57. The Morgan fingerprint density at radius 3 is 2.80 bits per heavy atom. The summed E-state index contributed by atoms with van der Waals surface area (Å²) in [6, 6.07) is 9.18. The SMILES string of the molecule is COc1cccc(Cn2nnc3c(-c4ccc(C)o4)nc(N)nc32)n1. The zero-order chi connectivity index (χ0) is 17.4. The summed E-state index contributed by atoms with van der Waals surface area (Å²) in [5, 5.41) is 8.36. The molecular weight excluding hydrogens is 322 g/mol. The number of furan rings is 1. The van der Waals surface area contributed by atoms with Gasteiger partial charge in [0.2, 0.25) is 11.8 Å². The Labute approximate surface area is 142 Å². The maximum atomic E-state index is 5.87. The molecule has 0 radical (unpaired) electrons. The smallest absolute Gasteiger partial charge is 0.222 e. The van der Waals surface area contributed by atoms with E-state index in [1.807, 2.05) is 31.2 Å². The van der Waals surface area contributed by atoms with Crippen LogP contribution in [0.5, 0.6) is 5.88 Å². The van der Waals surface area contributed by atoms with Gasteiger partial charge in [-0.1, -0.05) is 11.3 Å². The van der Waals surface area contributed by atoms with Crippen LogP contribution >= 0.6 is 0 Å². The van der Waals surface area contributed by atoms with E-state index in [0.717, 1.165) is 11.5 Å². The molecule has 9 heteroatoms. The summed E-state index contributed by atoms with van der Waals surface area (Å²) in [6.45, 7) is 2.23. The lowest BCUT2D eigenvalue weighted by molar-refractivity contribution is 0.395. The van der Waals surface area contributed by atoms with Gasteiger partial charge >= 0.3 is 0 Å². The molecule has 9 nitrogen and oxygen atoms in total. The Kier molecular flexibility index (Phi) is 3.53. The van der Waals surface area contributed by atoms with Crippen molar-refractivity contribution in [3.05, 3.63) is 41.8 Å². The van der Waals surface area contributed by atoms with Gasteiger partial charge < -0.3 is 14.9 Å². The molecule has 0 saturated heterocycles. The topological polar surface area (TPSA) is 118 Å². The van der Waals surface area contributed by atoms with E-state index < -0.39 is 0 Å². The molecule has 4 aromatic heterocycles. The maximum Gasteiger partial charge on any atom is 0.222 e. The summed E-state index contributed by atoms with van der Waals surface area (Å²) in [7, 11) is 1.57. The van der Waals surface area contributed by atoms with Crippen molar-refractivity contribution in [3.63, 3.8) is 0 Å². The quantitative estimate of drug-likeness (QED) is 0.599. The number of pyridine rings is 1. The standard InChI is InChI=1S/C16H15N7O2/c1-9-6-7-11(25-9)13-14-15(20-16(17)19-13)23(22-21-14)8-10-4-3-5-12(18-10)24-2/h3-7H,8H2,1-2H3,(H2,17,19,20). The van der Waals surface area contributed by atoms with Gasteiger partial charge in [-0.3, -0.25) is 0 Å². The number of rotatable bonds is 4. The highest BCUT2D eigenvalue weighted by Gasteiger charge is 2.18. The number of methoxy groups -OCH3 is 1. The minimum absolute atomic E-state index is 0.124. The molecule has 0 spiro atoms. The van der Waals surface area contributed by atoms with Crippen LogP contribution in [0.2, 0.25) is 0 Å². The molecule has 0 amide bonds. The van der Waals surface area contributed by atoms with E-state index >= 15 is 0 Å². The van der Waals surface area contributed by atoms with Crippen LogP contribution in [-0.2, 0) is 6.54 Å². The van der Waals surface area contributed by atoms with Crippen LogP contribution in [0.3, 0.4) is 0 Å². The second-order valence-electron chi connectivity index (χ2n) is 5.43. The van der Waals surface area contributed by atoms with Gasteiger partial charge in [0.05, 0.1) is 19.3 Å². The zero-order valence-electron chi connectivity index (χ0n) is 13.7. The molecule has 4 aromatic rings. The molecule has 0 unspecified atom stereocenters. The Bertz CT molecular complexity index is 1050. The van der Waals surface area contributed by atoms with Crippen molar-refractivity contribution in [3.8, 4) is 17.3 Å². The Morgan fingerprint density at radius 1 is 1.16 bits per heavy atom. The van der Waals surface area contributed by atoms with E-state index in [1.54, 1.807) is 17.9 Å². The highest BCUT2D eigenvalue weighted by molar-refractivity contribution is 5.86. The first kappa shape index (κ1) is 15.1. The second kappa shape index (κ2) is 5.86. The number of aryl methyl sites for hydroxylation is 1. The third-order valence-electron chi connectivity index (χ3n) is 3.66. The van der Waals surface area contributed by atoms with Gasteiger partial charge in [0.15, 0.2) is 16.9 Å². The van der Waals surface area contributed by atoms with Gasteiger partial charge in [0, 0.05) is 6.07 Å². The van der Waals surface area contributed by atoms with Crippen LogP contribution in [0.15, 0.2) is 34.7 Å². The predicted molar refractivity (Wildman–Crippen MR) is 89.9 cm³/mol. The molecule has 0 aliphatic carbocycles. The number of nitrogens with two attached hydrogens (primary N) is 1. The minimum Gasteiger partial charge on any atom is -0.481 e. The largest absolute Gasteiger partial charge is 0.481 e. The van der Waals surface area contributed by atoms with Gasteiger partial charge in [-0.05, 0) is 25.1 Å². The van der Waals surface area contributed by atoms with Crippen LogP contribution in [-0.4, -0.2) is 37.1 Å². The molecular formula is C16H15N7O2. The van der Waals surface area contributed by atoms with Crippen molar-refractivity contribution in [2.45, 2.75) is 13.5 Å². The number of hydrogen-bond acceptors (Lipinski definition) is 8. The number of nitrogens with zero attached hydrogens (tertiary/aromatic N) is 6. The van der Waals surface area contributed by atoms with Crippen molar-refractivity contribution in [1.29, 1.82) is 0 Å². The molecule has 25 heavy (non-hydrogen) atoms. The van der Waals surface area contributed by atoms with Crippen LogP contribution in [0, 0.1) is 6.92 Å². The Hall–Kier alpha value is -3.49. The van der Waals surface area contributed by atoms with Gasteiger partial charge in [-0.2, -0.15) is 4.98 Å². The molecule has 0 atom stereocenters. The molecule has 0 saturated carbocycles. The predicted octanol–water partition coefficient (Wildman–Crippen LogP) is 1.82. The minimum atomic E-state index is 0.124. The molecule has 0 aliphatic rings. The van der Waals surface area contributed by atoms with Crippen molar-refractivity contribution >= 4 is 17.1 Å². The highest BCUT2D eigenvalue weighted by atomic mass is 16.5. The first-order valence-electron chi connectivity index (χ1n) is 7.57. The molecule has 0 aliphatic heterocycles. The van der Waals surface area contributed by atoms with E-state index in [9.17, 15) is 0 Å². The summed E-state index contributed by atoms with van der Waals surface area (Å²) in [5.74, 6) is 2.00. The summed E-state index contributed by atoms with van der Waals surface area (Å²) in [6.07, 6.45) is 0. The normalized spacial score (nSPS) is 11.1.